The second-order valence-corrected chi connectivity index (χ2v) is 4.61. The zero-order valence-corrected chi connectivity index (χ0v) is 11.8. The Morgan fingerprint density at radius 3 is 2.40 bits per heavy atom. The van der Waals surface area contributed by atoms with Gasteiger partial charge in [0.15, 0.2) is 11.6 Å². The highest BCUT2D eigenvalue weighted by Crippen LogP contribution is 2.33. The molecular weight excluding hydrogens is 284 g/mol. The highest BCUT2D eigenvalue weighted by atomic mass is 35.5. The molecule has 0 aliphatic carbocycles. The van der Waals surface area contributed by atoms with E-state index < -0.39 is 17.7 Å². The Hall–Kier alpha value is -1.65. The number of halogens is 3. The summed E-state index contributed by atoms with van der Waals surface area (Å²) in [4.78, 5) is 0. The van der Waals surface area contributed by atoms with Crippen molar-refractivity contribution >= 4 is 11.6 Å². The fourth-order valence-electron chi connectivity index (χ4n) is 2.13. The van der Waals surface area contributed by atoms with Crippen molar-refractivity contribution in [1.29, 1.82) is 0 Å². The van der Waals surface area contributed by atoms with Gasteiger partial charge in [-0.15, -0.1) is 0 Å². The number of nitrogens with one attached hydrogen (secondary N) is 1. The molecule has 2 aromatic carbocycles. The number of ether oxygens (including phenoxy) is 1. The van der Waals surface area contributed by atoms with Crippen molar-refractivity contribution in [3.63, 3.8) is 0 Å². The molecule has 5 heteroatoms. The first-order valence-electron chi connectivity index (χ1n) is 6.03. The van der Waals surface area contributed by atoms with E-state index >= 15 is 0 Å². The molecule has 0 aliphatic heterocycles. The Morgan fingerprint density at radius 1 is 1.10 bits per heavy atom. The lowest BCUT2D eigenvalue weighted by atomic mass is 9.98. The van der Waals surface area contributed by atoms with Crippen LogP contribution in [0.3, 0.4) is 0 Å². The van der Waals surface area contributed by atoms with Gasteiger partial charge in [0.05, 0.1) is 18.2 Å². The Kier molecular flexibility index (Phi) is 4.57. The topological polar surface area (TPSA) is 21.3 Å². The summed E-state index contributed by atoms with van der Waals surface area (Å²) in [6.45, 7) is 0. The van der Waals surface area contributed by atoms with Crippen LogP contribution in [0.5, 0.6) is 5.75 Å². The van der Waals surface area contributed by atoms with Crippen LogP contribution >= 0.6 is 11.6 Å². The van der Waals surface area contributed by atoms with Crippen LogP contribution in [0.1, 0.15) is 17.2 Å². The van der Waals surface area contributed by atoms with Gasteiger partial charge in [0.25, 0.3) is 0 Å². The van der Waals surface area contributed by atoms with E-state index in [1.54, 1.807) is 31.3 Å². The molecule has 0 radical (unpaired) electrons. The van der Waals surface area contributed by atoms with Gasteiger partial charge in [-0.1, -0.05) is 35.9 Å². The average molecular weight is 298 g/mol. The van der Waals surface area contributed by atoms with Gasteiger partial charge >= 0.3 is 0 Å². The molecular formula is C15H14ClF2NO. The number of hydrogen-bond donors (Lipinski definition) is 1. The van der Waals surface area contributed by atoms with E-state index in [1.807, 2.05) is 0 Å². The zero-order valence-electron chi connectivity index (χ0n) is 11.1. The van der Waals surface area contributed by atoms with E-state index in [0.29, 0.717) is 11.1 Å². The molecule has 1 N–H and O–H groups in total. The number of hydrogen-bond acceptors (Lipinski definition) is 2. The first-order valence-corrected chi connectivity index (χ1v) is 6.41. The van der Waals surface area contributed by atoms with Crippen molar-refractivity contribution in [2.45, 2.75) is 6.04 Å². The van der Waals surface area contributed by atoms with Gasteiger partial charge < -0.3 is 10.1 Å². The van der Waals surface area contributed by atoms with Gasteiger partial charge in [-0.25, -0.2) is 8.78 Å². The van der Waals surface area contributed by atoms with Gasteiger partial charge in [0, 0.05) is 5.56 Å². The molecule has 0 aliphatic rings. The molecule has 0 saturated carbocycles. The molecule has 106 valence electrons. The van der Waals surface area contributed by atoms with Crippen LogP contribution in [0.25, 0.3) is 0 Å². The fraction of sp³-hybridized carbons (Fsp3) is 0.200. The maximum atomic E-state index is 14.3. The normalized spacial score (nSPS) is 12.2. The molecule has 2 nitrogen and oxygen atoms in total. The second kappa shape index (κ2) is 6.20. The van der Waals surface area contributed by atoms with Crippen molar-refractivity contribution in [1.82, 2.24) is 5.32 Å². The van der Waals surface area contributed by atoms with Crippen molar-refractivity contribution in [3.8, 4) is 5.75 Å². The molecule has 1 atom stereocenters. The lowest BCUT2D eigenvalue weighted by molar-refractivity contribution is 0.382. The molecule has 2 aromatic rings. The predicted octanol–water partition coefficient (Wildman–Crippen LogP) is 3.94. The first-order chi connectivity index (χ1) is 9.60. The molecule has 2 rings (SSSR count). The minimum atomic E-state index is -0.562. The maximum absolute atomic E-state index is 14.3. The van der Waals surface area contributed by atoms with Crippen molar-refractivity contribution < 1.29 is 13.5 Å². The molecule has 0 aromatic heterocycles. The van der Waals surface area contributed by atoms with E-state index in [9.17, 15) is 8.78 Å². The minimum absolute atomic E-state index is 0.0194. The highest BCUT2D eigenvalue weighted by Gasteiger charge is 2.22. The van der Waals surface area contributed by atoms with Crippen molar-refractivity contribution in [2.24, 2.45) is 0 Å². The standard InChI is InChI=1S/C15H14ClF2NO/c1-19-15(9-5-3-7-11(17)13(9)16)10-6-4-8-12(20-2)14(10)18/h3-8,15,19H,1-2H3. The summed E-state index contributed by atoms with van der Waals surface area (Å²) >= 11 is 5.97. The summed E-state index contributed by atoms with van der Waals surface area (Å²) in [5.41, 5.74) is 0.820. The van der Waals surface area contributed by atoms with E-state index in [1.165, 1.54) is 19.2 Å². The minimum Gasteiger partial charge on any atom is -0.494 e. The highest BCUT2D eigenvalue weighted by molar-refractivity contribution is 6.31. The van der Waals surface area contributed by atoms with Gasteiger partial charge in [-0.05, 0) is 24.7 Å². The van der Waals surface area contributed by atoms with Crippen LogP contribution in [-0.2, 0) is 0 Å². The maximum Gasteiger partial charge on any atom is 0.170 e. The lowest BCUT2D eigenvalue weighted by Crippen LogP contribution is -2.20. The molecule has 0 saturated heterocycles. The van der Waals surface area contributed by atoms with Crippen molar-refractivity contribution in [3.05, 3.63) is 64.2 Å². The number of rotatable bonds is 4. The van der Waals surface area contributed by atoms with E-state index in [2.05, 4.69) is 5.32 Å². The monoisotopic (exact) mass is 297 g/mol. The van der Waals surface area contributed by atoms with Gasteiger partial charge in [-0.3, -0.25) is 0 Å². The lowest BCUT2D eigenvalue weighted by Gasteiger charge is -2.20. The molecule has 1 unspecified atom stereocenters. The first kappa shape index (κ1) is 14.8. The Bertz CT molecular complexity index is 619. The quantitative estimate of drug-likeness (QED) is 0.923. The zero-order chi connectivity index (χ0) is 14.7. The fourth-order valence-corrected chi connectivity index (χ4v) is 2.37. The molecule has 0 bridgehead atoms. The smallest absolute Gasteiger partial charge is 0.170 e. The summed E-state index contributed by atoms with van der Waals surface area (Å²) in [5, 5.41) is 2.93. The van der Waals surface area contributed by atoms with Crippen molar-refractivity contribution in [2.75, 3.05) is 14.2 Å². The van der Waals surface area contributed by atoms with E-state index in [4.69, 9.17) is 16.3 Å². The van der Waals surface area contributed by atoms with E-state index in [0.717, 1.165) is 0 Å². The predicted molar refractivity (Wildman–Crippen MR) is 75.3 cm³/mol. The SMILES string of the molecule is CNC(c1cccc(OC)c1F)c1cccc(F)c1Cl. The summed E-state index contributed by atoms with van der Waals surface area (Å²) in [6.07, 6.45) is 0. The Morgan fingerprint density at radius 2 is 1.75 bits per heavy atom. The third-order valence-corrected chi connectivity index (χ3v) is 3.50. The third kappa shape index (κ3) is 2.62. The Balaban J connectivity index is 2.56. The van der Waals surface area contributed by atoms with Crippen LogP contribution in [-0.4, -0.2) is 14.2 Å². The van der Waals surface area contributed by atoms with Gasteiger partial charge in [0.1, 0.15) is 5.82 Å². The Labute approximate surface area is 121 Å². The van der Waals surface area contributed by atoms with Crippen LogP contribution in [0.15, 0.2) is 36.4 Å². The summed E-state index contributed by atoms with van der Waals surface area (Å²) in [6, 6.07) is 8.71. The van der Waals surface area contributed by atoms with Crippen LogP contribution in [0.4, 0.5) is 8.78 Å². The van der Waals surface area contributed by atoms with E-state index in [-0.39, 0.29) is 10.8 Å². The number of benzene rings is 2. The largest absolute Gasteiger partial charge is 0.494 e. The van der Waals surface area contributed by atoms with Crippen LogP contribution in [0, 0.1) is 11.6 Å². The van der Waals surface area contributed by atoms with Gasteiger partial charge in [0.2, 0.25) is 0 Å². The molecule has 20 heavy (non-hydrogen) atoms. The third-order valence-electron chi connectivity index (χ3n) is 3.11. The van der Waals surface area contributed by atoms with Gasteiger partial charge in [-0.2, -0.15) is 0 Å². The summed E-state index contributed by atoms with van der Waals surface area (Å²) < 4.78 is 32.8. The summed E-state index contributed by atoms with van der Waals surface area (Å²) in [5.74, 6) is -0.891. The molecule has 0 heterocycles. The molecule has 0 amide bonds. The molecule has 0 fully saturated rings. The molecule has 0 spiro atoms. The van der Waals surface area contributed by atoms with Crippen LogP contribution in [0.2, 0.25) is 5.02 Å². The second-order valence-electron chi connectivity index (χ2n) is 4.23. The number of methoxy groups -OCH3 is 1. The average Bonchev–Trinajstić information content (AvgIpc) is 2.46. The summed E-state index contributed by atoms with van der Waals surface area (Å²) in [7, 11) is 3.05. The van der Waals surface area contributed by atoms with Crippen LogP contribution < -0.4 is 10.1 Å².